The average Bonchev–Trinajstić information content (AvgIpc) is 2.33. The third-order valence-corrected chi connectivity index (χ3v) is 1.95. The van der Waals surface area contributed by atoms with Crippen molar-refractivity contribution in [2.75, 3.05) is 1.33 Å². The minimum atomic E-state index is 0.420. The van der Waals surface area contributed by atoms with E-state index < -0.39 is 0 Å². The lowest BCUT2D eigenvalue weighted by atomic mass is 10.4. The van der Waals surface area contributed by atoms with Gasteiger partial charge in [0.1, 0.15) is 11.8 Å². The molecule has 0 radical (unpaired) electrons. The van der Waals surface area contributed by atoms with Gasteiger partial charge >= 0.3 is 0 Å². The summed E-state index contributed by atoms with van der Waals surface area (Å²) in [6, 6.07) is 1.96. The molecule has 6 heteroatoms. The molecule has 1 aromatic rings. The summed E-state index contributed by atoms with van der Waals surface area (Å²) in [6.45, 7) is 0. The Morgan fingerprint density at radius 3 is 2.80 bits per heavy atom. The smallest absolute Gasteiger partial charge is 0.187 e. The topological polar surface area (TPSA) is 55.7 Å². The van der Waals surface area contributed by atoms with E-state index in [-0.39, 0.29) is 0 Å². The number of aromatic nitrogens is 2. The van der Waals surface area contributed by atoms with Gasteiger partial charge in [-0.2, -0.15) is 10.4 Å². The van der Waals surface area contributed by atoms with Crippen LogP contribution in [0.1, 0.15) is 5.69 Å². The first-order chi connectivity index (χ1) is 4.75. The van der Waals surface area contributed by atoms with Crippen molar-refractivity contribution in [1.82, 2.24) is 10.2 Å². The molecule has 0 atom stereocenters. The molecular formula is C4H2I2N4. The normalized spacial score (nSPS) is 8.90. The van der Waals surface area contributed by atoms with Gasteiger partial charge in [-0.25, -0.2) is 0 Å². The monoisotopic (exact) mass is 360 g/mol. The van der Waals surface area contributed by atoms with E-state index >= 15 is 0 Å². The summed E-state index contributed by atoms with van der Waals surface area (Å²) in [5.74, 6) is 0. The fourth-order valence-electron chi connectivity index (χ4n) is 0.495. The lowest BCUT2D eigenvalue weighted by Gasteiger charge is -2.00. The van der Waals surface area contributed by atoms with Crippen LogP contribution in [0.2, 0.25) is 0 Å². The first-order valence-corrected chi connectivity index (χ1v) is 4.24. The molecule has 1 aromatic heterocycles. The second-order valence-corrected chi connectivity index (χ2v) is 5.24. The van der Waals surface area contributed by atoms with Crippen molar-refractivity contribution in [3.63, 3.8) is 0 Å². The number of anilines is 1. The maximum absolute atomic E-state index is 8.49. The number of nitrogens with zero attached hydrogens (tertiary/aromatic N) is 3. The number of hydrogen-bond acceptors (Lipinski definition) is 3. The Balaban J connectivity index is 3.05. The SMILES string of the molecule is N#Cc1n[nH]cc1N(I)I. The van der Waals surface area contributed by atoms with Crippen molar-refractivity contribution in [1.29, 1.82) is 5.26 Å². The van der Waals surface area contributed by atoms with Gasteiger partial charge in [0.05, 0.1) is 45.7 Å². The van der Waals surface area contributed by atoms with E-state index in [0.29, 0.717) is 5.69 Å². The summed E-state index contributed by atoms with van der Waals surface area (Å²) in [5.41, 5.74) is 1.22. The average molecular weight is 360 g/mol. The molecule has 0 unspecified atom stereocenters. The molecule has 0 aliphatic heterocycles. The van der Waals surface area contributed by atoms with Gasteiger partial charge in [0.25, 0.3) is 0 Å². The van der Waals surface area contributed by atoms with Crippen molar-refractivity contribution in [3.8, 4) is 6.07 Å². The van der Waals surface area contributed by atoms with Crippen LogP contribution in [0.4, 0.5) is 5.69 Å². The number of nitrogens with one attached hydrogen (secondary N) is 1. The van der Waals surface area contributed by atoms with Crippen LogP contribution in [0.5, 0.6) is 0 Å². The fraction of sp³-hybridized carbons (Fsp3) is 0. The van der Waals surface area contributed by atoms with Crippen LogP contribution in [0.25, 0.3) is 0 Å². The summed E-state index contributed by atoms with van der Waals surface area (Å²) in [5, 5.41) is 14.8. The highest BCUT2D eigenvalue weighted by Crippen LogP contribution is 2.24. The molecule has 0 saturated carbocycles. The summed E-state index contributed by atoms with van der Waals surface area (Å²) in [4.78, 5) is 0. The second-order valence-electron chi connectivity index (χ2n) is 1.46. The number of aromatic amines is 1. The predicted octanol–water partition coefficient (Wildman–Crippen LogP) is 1.79. The lowest BCUT2D eigenvalue weighted by molar-refractivity contribution is 1.07. The summed E-state index contributed by atoms with van der Waals surface area (Å²) >= 11 is 4.13. The van der Waals surface area contributed by atoms with Crippen molar-refractivity contribution < 1.29 is 0 Å². The van der Waals surface area contributed by atoms with E-state index in [2.05, 4.69) is 55.9 Å². The van der Waals surface area contributed by atoms with Crippen LogP contribution >= 0.6 is 45.7 Å². The molecule has 0 amide bonds. The first kappa shape index (κ1) is 8.06. The van der Waals surface area contributed by atoms with Gasteiger partial charge in [-0.15, -0.1) is 0 Å². The largest absolute Gasteiger partial charge is 0.282 e. The molecule has 0 aliphatic carbocycles. The first-order valence-electron chi connectivity index (χ1n) is 2.31. The molecule has 1 N–H and O–H groups in total. The molecule has 1 rings (SSSR count). The van der Waals surface area contributed by atoms with Gasteiger partial charge in [-0.05, 0) is 0 Å². The Morgan fingerprint density at radius 1 is 1.70 bits per heavy atom. The van der Waals surface area contributed by atoms with Gasteiger partial charge in [0.2, 0.25) is 0 Å². The van der Waals surface area contributed by atoms with Crippen LogP contribution < -0.4 is 1.33 Å². The fourth-order valence-corrected chi connectivity index (χ4v) is 1.23. The Kier molecular flexibility index (Phi) is 2.72. The molecular weight excluding hydrogens is 358 g/mol. The number of hydrogen-bond donors (Lipinski definition) is 1. The minimum absolute atomic E-state index is 0.420. The Bertz CT molecular complexity index is 260. The highest BCUT2D eigenvalue weighted by molar-refractivity contribution is 14.2. The summed E-state index contributed by atoms with van der Waals surface area (Å²) in [6.07, 6.45) is 1.68. The highest BCUT2D eigenvalue weighted by atomic mass is 127. The van der Waals surface area contributed by atoms with Gasteiger partial charge in [0.15, 0.2) is 5.69 Å². The van der Waals surface area contributed by atoms with E-state index in [4.69, 9.17) is 5.26 Å². The molecule has 0 aliphatic rings. The third-order valence-electron chi connectivity index (χ3n) is 0.908. The predicted molar refractivity (Wildman–Crippen MR) is 53.8 cm³/mol. The quantitative estimate of drug-likeness (QED) is 0.614. The molecule has 1 heterocycles. The third kappa shape index (κ3) is 1.51. The Morgan fingerprint density at radius 2 is 2.40 bits per heavy atom. The van der Waals surface area contributed by atoms with Crippen LogP contribution in [0.3, 0.4) is 0 Å². The minimum Gasteiger partial charge on any atom is -0.282 e. The van der Waals surface area contributed by atoms with Gasteiger partial charge in [-0.1, -0.05) is 0 Å². The number of halogens is 2. The maximum Gasteiger partial charge on any atom is 0.187 e. The molecule has 0 spiro atoms. The van der Waals surface area contributed by atoms with Crippen LogP contribution in [0.15, 0.2) is 6.20 Å². The van der Waals surface area contributed by atoms with Gasteiger partial charge < -0.3 is 0 Å². The number of nitriles is 1. The maximum atomic E-state index is 8.49. The van der Waals surface area contributed by atoms with E-state index in [1.54, 1.807) is 7.52 Å². The number of H-pyrrole nitrogens is 1. The summed E-state index contributed by atoms with van der Waals surface area (Å²) < 4.78 is 1.78. The van der Waals surface area contributed by atoms with Gasteiger partial charge in [-0.3, -0.25) is 6.43 Å². The zero-order valence-corrected chi connectivity index (χ0v) is 8.99. The van der Waals surface area contributed by atoms with Crippen LogP contribution in [-0.4, -0.2) is 10.2 Å². The van der Waals surface area contributed by atoms with E-state index in [1.807, 2.05) is 6.07 Å². The van der Waals surface area contributed by atoms with Gasteiger partial charge in [0, 0.05) is 6.20 Å². The lowest BCUT2D eigenvalue weighted by Crippen LogP contribution is -1.89. The second kappa shape index (κ2) is 3.38. The molecule has 52 valence electrons. The van der Waals surface area contributed by atoms with Crippen molar-refractivity contribution in [2.45, 2.75) is 0 Å². The molecule has 0 bridgehead atoms. The molecule has 4 nitrogen and oxygen atoms in total. The summed E-state index contributed by atoms with van der Waals surface area (Å²) in [7, 11) is 0. The van der Waals surface area contributed by atoms with Crippen LogP contribution in [0, 0.1) is 11.3 Å². The van der Waals surface area contributed by atoms with E-state index in [0.717, 1.165) is 5.69 Å². The van der Waals surface area contributed by atoms with Crippen molar-refractivity contribution >= 4 is 51.4 Å². The number of rotatable bonds is 1. The Labute approximate surface area is 85.6 Å². The van der Waals surface area contributed by atoms with E-state index in [1.165, 1.54) is 0 Å². The van der Waals surface area contributed by atoms with Crippen molar-refractivity contribution in [3.05, 3.63) is 11.9 Å². The highest BCUT2D eigenvalue weighted by Gasteiger charge is 2.07. The molecule has 0 saturated heterocycles. The zero-order valence-electron chi connectivity index (χ0n) is 4.67. The van der Waals surface area contributed by atoms with E-state index in [9.17, 15) is 0 Å². The van der Waals surface area contributed by atoms with Crippen molar-refractivity contribution in [2.24, 2.45) is 0 Å². The zero-order chi connectivity index (χ0) is 7.56. The molecule has 10 heavy (non-hydrogen) atoms. The molecule has 0 aromatic carbocycles. The standard InChI is InChI=1S/C4H2I2N4/c5-10(6)4-2-8-9-3(4)1-7/h2H,(H,8,9). The van der Waals surface area contributed by atoms with Crippen LogP contribution in [-0.2, 0) is 0 Å². The molecule has 0 fully saturated rings. The Hall–Kier alpha value is -0.0400.